The van der Waals surface area contributed by atoms with Crippen LogP contribution in [0.2, 0.25) is 0 Å². The molecule has 0 aromatic heterocycles. The van der Waals surface area contributed by atoms with E-state index in [1.54, 1.807) is 0 Å². The van der Waals surface area contributed by atoms with E-state index in [-0.39, 0.29) is 12.4 Å². The summed E-state index contributed by atoms with van der Waals surface area (Å²) in [7, 11) is 1.93. The molecule has 1 aliphatic heterocycles. The minimum atomic E-state index is 0. The average Bonchev–Trinajstić information content (AvgIpc) is 2.88. The molecule has 1 amide bonds. The second-order valence-electron chi connectivity index (χ2n) is 5.37. The van der Waals surface area contributed by atoms with Crippen LogP contribution in [-0.2, 0) is 4.79 Å². The molecule has 1 fully saturated rings. The van der Waals surface area contributed by atoms with Crippen molar-refractivity contribution in [1.82, 2.24) is 10.2 Å². The normalized spacial score (nSPS) is 17.9. The lowest BCUT2D eigenvalue weighted by atomic mass is 10.0. The van der Waals surface area contributed by atoms with Crippen LogP contribution >= 0.6 is 12.4 Å². The fourth-order valence-electron chi connectivity index (χ4n) is 2.85. The summed E-state index contributed by atoms with van der Waals surface area (Å²) < 4.78 is 0. The summed E-state index contributed by atoms with van der Waals surface area (Å²) in [6, 6.07) is 8.85. The summed E-state index contributed by atoms with van der Waals surface area (Å²) in [4.78, 5) is 14.4. The standard InChI is InChI=1S/C16H24N2O.ClH/c1-13-6-3-7-14(12-13)15-8-5-11-18(15)16(19)9-4-10-17-2;/h3,6-7,12,15,17H,4-5,8-11H2,1-2H3;1H. The van der Waals surface area contributed by atoms with Crippen LogP contribution in [0.4, 0.5) is 0 Å². The third-order valence-corrected chi connectivity index (χ3v) is 3.82. The van der Waals surface area contributed by atoms with Crippen LogP contribution in [0, 0.1) is 6.92 Å². The van der Waals surface area contributed by atoms with Crippen molar-refractivity contribution in [3.05, 3.63) is 35.4 Å². The molecule has 1 heterocycles. The number of halogens is 1. The molecular formula is C16H25ClN2O. The molecule has 0 spiro atoms. The monoisotopic (exact) mass is 296 g/mol. The highest BCUT2D eigenvalue weighted by atomic mass is 35.5. The Kier molecular flexibility index (Phi) is 7.03. The predicted octanol–water partition coefficient (Wildman–Crippen LogP) is 3.08. The number of carbonyl (C=O) groups excluding carboxylic acids is 1. The second kappa shape index (κ2) is 8.28. The number of hydrogen-bond acceptors (Lipinski definition) is 2. The largest absolute Gasteiger partial charge is 0.336 e. The summed E-state index contributed by atoms with van der Waals surface area (Å²) in [5.41, 5.74) is 2.56. The van der Waals surface area contributed by atoms with Gasteiger partial charge in [-0.15, -0.1) is 12.4 Å². The van der Waals surface area contributed by atoms with Crippen molar-refractivity contribution in [3.8, 4) is 0 Å². The molecule has 1 N–H and O–H groups in total. The van der Waals surface area contributed by atoms with Gasteiger partial charge in [-0.2, -0.15) is 0 Å². The van der Waals surface area contributed by atoms with Crippen molar-refractivity contribution in [1.29, 1.82) is 0 Å². The number of likely N-dealkylation sites (tertiary alicyclic amines) is 1. The van der Waals surface area contributed by atoms with E-state index in [4.69, 9.17) is 0 Å². The zero-order chi connectivity index (χ0) is 13.7. The van der Waals surface area contributed by atoms with E-state index in [2.05, 4.69) is 41.4 Å². The van der Waals surface area contributed by atoms with Crippen molar-refractivity contribution < 1.29 is 4.79 Å². The van der Waals surface area contributed by atoms with Crippen molar-refractivity contribution in [2.24, 2.45) is 0 Å². The van der Waals surface area contributed by atoms with Gasteiger partial charge >= 0.3 is 0 Å². The Morgan fingerprint density at radius 2 is 2.25 bits per heavy atom. The third kappa shape index (κ3) is 4.22. The van der Waals surface area contributed by atoms with Gasteiger partial charge in [-0.1, -0.05) is 29.8 Å². The number of nitrogens with one attached hydrogen (secondary N) is 1. The molecule has 1 aromatic carbocycles. The quantitative estimate of drug-likeness (QED) is 0.847. The number of aryl methyl sites for hydroxylation is 1. The van der Waals surface area contributed by atoms with E-state index < -0.39 is 0 Å². The molecule has 0 saturated carbocycles. The Morgan fingerprint density at radius 1 is 1.45 bits per heavy atom. The molecule has 1 aromatic rings. The van der Waals surface area contributed by atoms with Gasteiger partial charge in [0.25, 0.3) is 0 Å². The maximum Gasteiger partial charge on any atom is 0.223 e. The van der Waals surface area contributed by atoms with Gasteiger partial charge in [0.15, 0.2) is 0 Å². The first-order valence-corrected chi connectivity index (χ1v) is 7.23. The lowest BCUT2D eigenvalue weighted by Crippen LogP contribution is -2.30. The van der Waals surface area contributed by atoms with Crippen molar-refractivity contribution in [2.45, 2.75) is 38.6 Å². The first kappa shape index (κ1) is 17.0. The molecule has 0 aliphatic carbocycles. The average molecular weight is 297 g/mol. The minimum absolute atomic E-state index is 0. The topological polar surface area (TPSA) is 32.3 Å². The van der Waals surface area contributed by atoms with Gasteiger partial charge < -0.3 is 10.2 Å². The molecule has 1 unspecified atom stereocenters. The van der Waals surface area contributed by atoms with Crippen LogP contribution in [0.3, 0.4) is 0 Å². The van der Waals surface area contributed by atoms with Crippen LogP contribution < -0.4 is 5.32 Å². The lowest BCUT2D eigenvalue weighted by Gasteiger charge is -2.25. The summed E-state index contributed by atoms with van der Waals surface area (Å²) in [5.74, 6) is 0.305. The Hall–Kier alpha value is -1.06. The number of benzene rings is 1. The molecule has 0 radical (unpaired) electrons. The predicted molar refractivity (Wildman–Crippen MR) is 85.3 cm³/mol. The first-order chi connectivity index (χ1) is 9.22. The van der Waals surface area contributed by atoms with Crippen LogP contribution in [0.1, 0.15) is 42.9 Å². The minimum Gasteiger partial charge on any atom is -0.336 e. The fraction of sp³-hybridized carbons (Fsp3) is 0.562. The molecule has 3 nitrogen and oxygen atoms in total. The van der Waals surface area contributed by atoms with Gasteiger partial charge in [-0.3, -0.25) is 4.79 Å². The van der Waals surface area contributed by atoms with E-state index in [1.807, 2.05) is 7.05 Å². The van der Waals surface area contributed by atoms with Gasteiger partial charge in [0.1, 0.15) is 0 Å². The lowest BCUT2D eigenvalue weighted by molar-refractivity contribution is -0.132. The SMILES string of the molecule is CNCCCC(=O)N1CCCC1c1cccc(C)c1.Cl. The Bertz CT molecular complexity index is 436. The molecular weight excluding hydrogens is 272 g/mol. The van der Waals surface area contributed by atoms with E-state index in [1.165, 1.54) is 11.1 Å². The van der Waals surface area contributed by atoms with Crippen molar-refractivity contribution >= 4 is 18.3 Å². The van der Waals surface area contributed by atoms with Gasteiger partial charge in [-0.05, 0) is 45.3 Å². The Labute approximate surface area is 128 Å². The number of rotatable bonds is 5. The smallest absolute Gasteiger partial charge is 0.223 e. The number of nitrogens with zero attached hydrogens (tertiary/aromatic N) is 1. The van der Waals surface area contributed by atoms with E-state index >= 15 is 0 Å². The molecule has 0 bridgehead atoms. The zero-order valence-corrected chi connectivity index (χ0v) is 13.2. The van der Waals surface area contributed by atoms with Gasteiger partial charge in [0.2, 0.25) is 5.91 Å². The molecule has 1 saturated heterocycles. The number of carbonyl (C=O) groups is 1. The van der Waals surface area contributed by atoms with E-state index in [9.17, 15) is 4.79 Å². The van der Waals surface area contributed by atoms with Gasteiger partial charge in [0.05, 0.1) is 6.04 Å². The van der Waals surface area contributed by atoms with Gasteiger partial charge in [0, 0.05) is 13.0 Å². The van der Waals surface area contributed by atoms with Crippen LogP contribution in [0.25, 0.3) is 0 Å². The third-order valence-electron chi connectivity index (χ3n) is 3.82. The van der Waals surface area contributed by atoms with Crippen molar-refractivity contribution in [2.75, 3.05) is 20.1 Å². The molecule has 4 heteroatoms. The summed E-state index contributed by atoms with van der Waals surface area (Å²) >= 11 is 0. The highest BCUT2D eigenvalue weighted by Crippen LogP contribution is 2.32. The van der Waals surface area contributed by atoms with Crippen LogP contribution in [-0.4, -0.2) is 30.9 Å². The maximum atomic E-state index is 12.3. The maximum absolute atomic E-state index is 12.3. The summed E-state index contributed by atoms with van der Waals surface area (Å²) in [5, 5.41) is 3.09. The highest BCUT2D eigenvalue weighted by molar-refractivity contribution is 5.85. The Morgan fingerprint density at radius 3 is 2.95 bits per heavy atom. The summed E-state index contributed by atoms with van der Waals surface area (Å²) in [6.45, 7) is 3.93. The molecule has 20 heavy (non-hydrogen) atoms. The van der Waals surface area contributed by atoms with E-state index in [0.717, 1.165) is 32.4 Å². The number of hydrogen-bond donors (Lipinski definition) is 1. The van der Waals surface area contributed by atoms with Crippen molar-refractivity contribution in [3.63, 3.8) is 0 Å². The number of amides is 1. The first-order valence-electron chi connectivity index (χ1n) is 7.23. The second-order valence-corrected chi connectivity index (χ2v) is 5.37. The van der Waals surface area contributed by atoms with E-state index in [0.29, 0.717) is 18.4 Å². The fourth-order valence-corrected chi connectivity index (χ4v) is 2.85. The molecule has 1 atom stereocenters. The van der Waals surface area contributed by atoms with Crippen LogP contribution in [0.5, 0.6) is 0 Å². The molecule has 2 rings (SSSR count). The van der Waals surface area contributed by atoms with Gasteiger partial charge in [-0.25, -0.2) is 0 Å². The molecule has 1 aliphatic rings. The zero-order valence-electron chi connectivity index (χ0n) is 12.4. The summed E-state index contributed by atoms with van der Waals surface area (Å²) in [6.07, 6.45) is 3.80. The van der Waals surface area contributed by atoms with Crippen LogP contribution in [0.15, 0.2) is 24.3 Å². The molecule has 112 valence electrons. The Balaban J connectivity index is 0.00000200. The highest BCUT2D eigenvalue weighted by Gasteiger charge is 2.29.